The van der Waals surface area contributed by atoms with Crippen LogP contribution in [0.3, 0.4) is 0 Å². The summed E-state index contributed by atoms with van der Waals surface area (Å²) in [5.41, 5.74) is 0.563. The largest absolute Gasteiger partial charge is 0.397 e. The molecule has 11 atom stereocenters. The van der Waals surface area contributed by atoms with Crippen molar-refractivity contribution in [2.45, 2.75) is 130 Å². The Morgan fingerprint density at radius 2 is 1.73 bits per heavy atom. The molecule has 44 heavy (non-hydrogen) atoms. The fourth-order valence-corrected chi connectivity index (χ4v) is 12.0. The van der Waals surface area contributed by atoms with Crippen molar-refractivity contribution in [1.82, 2.24) is 15.5 Å². The van der Waals surface area contributed by atoms with Gasteiger partial charge in [0.05, 0.1) is 12.2 Å². The van der Waals surface area contributed by atoms with Crippen LogP contribution in [0.25, 0.3) is 0 Å². The molecule has 9 heteroatoms. The van der Waals surface area contributed by atoms with Crippen molar-refractivity contribution in [2.24, 2.45) is 52.3 Å². The third-order valence-corrected chi connectivity index (χ3v) is 14.3. The summed E-state index contributed by atoms with van der Waals surface area (Å²) in [6.07, 6.45) is 12.9. The Balaban J connectivity index is 1.15. The Bertz CT molecular complexity index is 1040. The molecule has 0 aromatic carbocycles. The van der Waals surface area contributed by atoms with Gasteiger partial charge < -0.3 is 20.6 Å². The van der Waals surface area contributed by atoms with E-state index in [2.05, 4.69) is 36.3 Å². The Morgan fingerprint density at radius 1 is 0.977 bits per heavy atom. The molecular weight excluding hydrogens is 574 g/mol. The highest BCUT2D eigenvalue weighted by Gasteiger charge is 2.62. The van der Waals surface area contributed by atoms with Crippen molar-refractivity contribution in [2.75, 3.05) is 39.3 Å². The van der Waals surface area contributed by atoms with E-state index in [1.54, 1.807) is 0 Å². The highest BCUT2D eigenvalue weighted by molar-refractivity contribution is 7.80. The summed E-state index contributed by atoms with van der Waals surface area (Å²) in [4.78, 5) is 2.61. The lowest BCUT2D eigenvalue weighted by molar-refractivity contribution is -0.167. The summed E-state index contributed by atoms with van der Waals surface area (Å²) in [5, 5.41) is 19.3. The quantitative estimate of drug-likeness (QED) is 0.163. The SMILES string of the molecule is CC(C)[C@@H](CC[C@@H](C)[C@H]1CCC2C3C(CC[C@@]21C)[C@@]1(C)CC[C@H](NCCCN2CCCNCC2)C[C@H]1C[C@@H]3O)OS(=O)(=O)O. The van der Waals surface area contributed by atoms with E-state index < -0.39 is 16.5 Å². The zero-order valence-electron chi connectivity index (χ0n) is 28.5. The van der Waals surface area contributed by atoms with Gasteiger partial charge in [-0.1, -0.05) is 34.6 Å². The van der Waals surface area contributed by atoms with Crippen molar-refractivity contribution in [3.8, 4) is 0 Å². The van der Waals surface area contributed by atoms with Crippen molar-refractivity contribution < 1.29 is 22.3 Å². The second-order valence-electron chi connectivity index (χ2n) is 16.6. The van der Waals surface area contributed by atoms with Gasteiger partial charge in [-0.15, -0.1) is 0 Å². The lowest BCUT2D eigenvalue weighted by atomic mass is 9.43. The highest BCUT2D eigenvalue weighted by atomic mass is 32.3. The van der Waals surface area contributed by atoms with Gasteiger partial charge in [-0.3, -0.25) is 4.55 Å². The van der Waals surface area contributed by atoms with Gasteiger partial charge in [-0.05, 0) is 155 Å². The molecule has 0 radical (unpaired) electrons. The van der Waals surface area contributed by atoms with E-state index in [4.69, 9.17) is 4.18 Å². The van der Waals surface area contributed by atoms with E-state index in [0.29, 0.717) is 53.4 Å². The standard InChI is InChI=1S/C35H65N3O5S/c1-24(2)32(43-44(40,41)42)11-8-25(3)28-9-10-29-33-30(13-15-35(28,29)5)34(4)14-12-27(22-26(34)23-31(33)39)37-17-7-20-38-19-6-16-36-18-21-38/h24-33,36-37,39H,6-23H2,1-5H3,(H,40,41,42)/t25-,26+,27+,28-,29?,30?,31+,32-,33?,34+,35-/m1/s1. The Hall–Kier alpha value is -0.290. The zero-order chi connectivity index (χ0) is 31.7. The van der Waals surface area contributed by atoms with Gasteiger partial charge in [0.25, 0.3) is 0 Å². The third-order valence-electron chi connectivity index (χ3n) is 13.9. The number of aliphatic hydroxyl groups excluding tert-OH is 1. The molecule has 256 valence electrons. The molecule has 5 fully saturated rings. The van der Waals surface area contributed by atoms with Crippen molar-refractivity contribution in [3.63, 3.8) is 0 Å². The fourth-order valence-electron chi connectivity index (χ4n) is 11.4. The van der Waals surface area contributed by atoms with E-state index in [1.165, 1.54) is 77.4 Å². The van der Waals surface area contributed by atoms with Gasteiger partial charge >= 0.3 is 10.4 Å². The van der Waals surface area contributed by atoms with E-state index in [9.17, 15) is 18.1 Å². The van der Waals surface area contributed by atoms with E-state index in [0.717, 1.165) is 32.5 Å². The number of rotatable bonds is 12. The number of aliphatic hydroxyl groups is 1. The molecule has 8 nitrogen and oxygen atoms in total. The highest BCUT2D eigenvalue weighted by Crippen LogP contribution is 2.68. The molecule has 4 aliphatic carbocycles. The molecule has 0 aromatic rings. The predicted octanol–water partition coefficient (Wildman–Crippen LogP) is 5.52. The lowest BCUT2D eigenvalue weighted by Gasteiger charge is -2.62. The molecule has 0 bridgehead atoms. The Labute approximate surface area is 269 Å². The summed E-state index contributed by atoms with van der Waals surface area (Å²) in [5.74, 6) is 3.26. The first kappa shape index (κ1) is 35.0. The summed E-state index contributed by atoms with van der Waals surface area (Å²) < 4.78 is 37.2. The second-order valence-corrected chi connectivity index (χ2v) is 17.7. The smallest absolute Gasteiger partial charge is 0.393 e. The van der Waals surface area contributed by atoms with Crippen LogP contribution in [0.1, 0.15) is 112 Å². The minimum atomic E-state index is -4.45. The molecule has 0 aromatic heterocycles. The zero-order valence-corrected chi connectivity index (χ0v) is 29.3. The minimum absolute atomic E-state index is 0.0183. The maximum atomic E-state index is 11.8. The van der Waals surface area contributed by atoms with Crippen molar-refractivity contribution >= 4 is 10.4 Å². The molecule has 1 heterocycles. The molecule has 3 unspecified atom stereocenters. The number of hydrogen-bond donors (Lipinski definition) is 4. The monoisotopic (exact) mass is 639 g/mol. The van der Waals surface area contributed by atoms with Gasteiger partial charge in [-0.2, -0.15) is 8.42 Å². The van der Waals surface area contributed by atoms with Crippen LogP contribution in [-0.4, -0.2) is 80.5 Å². The summed E-state index contributed by atoms with van der Waals surface area (Å²) in [6, 6.07) is 0.590. The predicted molar refractivity (Wildman–Crippen MR) is 177 cm³/mol. The first-order valence-corrected chi connectivity index (χ1v) is 19.7. The number of nitrogens with one attached hydrogen (secondary N) is 2. The summed E-state index contributed by atoms with van der Waals surface area (Å²) in [7, 11) is -4.45. The van der Waals surface area contributed by atoms with Gasteiger partial charge in [0.2, 0.25) is 0 Å². The van der Waals surface area contributed by atoms with Crippen LogP contribution in [0.15, 0.2) is 0 Å². The van der Waals surface area contributed by atoms with Crippen LogP contribution >= 0.6 is 0 Å². The van der Waals surface area contributed by atoms with Gasteiger partial charge in [-0.25, -0.2) is 4.18 Å². The molecular formula is C35H65N3O5S. The van der Waals surface area contributed by atoms with E-state index in [-0.39, 0.29) is 17.4 Å². The fraction of sp³-hybridized carbons (Fsp3) is 1.00. The van der Waals surface area contributed by atoms with Crippen LogP contribution in [0.4, 0.5) is 0 Å². The van der Waals surface area contributed by atoms with E-state index in [1.807, 2.05) is 13.8 Å². The summed E-state index contributed by atoms with van der Waals surface area (Å²) >= 11 is 0. The van der Waals surface area contributed by atoms with Gasteiger partial charge in [0, 0.05) is 19.1 Å². The van der Waals surface area contributed by atoms with Crippen molar-refractivity contribution in [1.29, 1.82) is 0 Å². The Morgan fingerprint density at radius 3 is 2.48 bits per heavy atom. The average Bonchev–Trinajstić information content (AvgIpc) is 3.11. The molecule has 5 aliphatic rings. The first-order valence-electron chi connectivity index (χ1n) is 18.3. The van der Waals surface area contributed by atoms with Crippen LogP contribution in [-0.2, 0) is 14.6 Å². The minimum Gasteiger partial charge on any atom is -0.393 e. The van der Waals surface area contributed by atoms with Crippen LogP contribution in [0.5, 0.6) is 0 Å². The van der Waals surface area contributed by atoms with Gasteiger partial charge in [0.1, 0.15) is 0 Å². The maximum absolute atomic E-state index is 11.8. The number of hydrogen-bond acceptors (Lipinski definition) is 7. The van der Waals surface area contributed by atoms with Gasteiger partial charge in [0.15, 0.2) is 0 Å². The van der Waals surface area contributed by atoms with E-state index >= 15 is 0 Å². The van der Waals surface area contributed by atoms with Crippen molar-refractivity contribution in [3.05, 3.63) is 0 Å². The molecule has 0 spiro atoms. The Kier molecular flexibility index (Phi) is 11.5. The summed E-state index contributed by atoms with van der Waals surface area (Å²) in [6.45, 7) is 18.3. The maximum Gasteiger partial charge on any atom is 0.397 e. The molecule has 0 amide bonds. The van der Waals surface area contributed by atoms with Crippen LogP contribution < -0.4 is 10.6 Å². The topological polar surface area (TPSA) is 111 Å². The molecule has 1 saturated heterocycles. The molecule has 1 aliphatic heterocycles. The normalized spacial score (nSPS) is 41.4. The molecule has 5 rings (SSSR count). The van der Waals surface area contributed by atoms with Crippen LogP contribution in [0.2, 0.25) is 0 Å². The average molecular weight is 640 g/mol. The molecule has 4 N–H and O–H groups in total. The lowest BCUT2D eigenvalue weighted by Crippen LogP contribution is -2.59. The second kappa shape index (κ2) is 14.4. The third kappa shape index (κ3) is 7.71. The number of fused-ring (bicyclic) bond motifs is 5. The first-order chi connectivity index (χ1) is 20.8. The molecule has 4 saturated carbocycles. The van der Waals surface area contributed by atoms with Crippen LogP contribution in [0, 0.1) is 52.3 Å². The number of nitrogens with zero attached hydrogens (tertiary/aromatic N) is 1.